The minimum absolute atomic E-state index is 0.0647. The number of amides is 1. The van der Waals surface area contributed by atoms with Crippen LogP contribution in [-0.4, -0.2) is 48.1 Å². The van der Waals surface area contributed by atoms with E-state index in [0.717, 1.165) is 55.5 Å². The number of benzene rings is 1. The number of nitrogens with zero attached hydrogens (tertiary/aromatic N) is 1. The molecule has 2 N–H and O–H groups in total. The molecule has 1 aromatic carbocycles. The Labute approximate surface area is 161 Å². The molecule has 0 aromatic heterocycles. The number of hydrogen-bond donors (Lipinski definition) is 2. The molecule has 0 bridgehead atoms. The van der Waals surface area contributed by atoms with E-state index < -0.39 is 5.97 Å². The Balaban J connectivity index is 2.20. The van der Waals surface area contributed by atoms with E-state index in [-0.39, 0.29) is 12.3 Å². The molecule has 1 aliphatic rings. The summed E-state index contributed by atoms with van der Waals surface area (Å²) in [5.41, 5.74) is 2.02. The van der Waals surface area contributed by atoms with E-state index in [1.807, 2.05) is 18.2 Å². The summed E-state index contributed by atoms with van der Waals surface area (Å²) in [5, 5.41) is 11.9. The molecule has 1 aliphatic heterocycles. The third kappa shape index (κ3) is 7.99. The van der Waals surface area contributed by atoms with Crippen LogP contribution in [0.1, 0.15) is 56.6 Å². The number of rotatable bonds is 6. The normalized spacial score (nSPS) is 16.9. The SMILES string of the molecule is CCCCN1CC(=O)NCCCCCOc2ccc(CCC(=O)O)cc2C1. The van der Waals surface area contributed by atoms with E-state index in [1.165, 1.54) is 0 Å². The molecule has 1 amide bonds. The second-order valence-electron chi connectivity index (χ2n) is 7.16. The van der Waals surface area contributed by atoms with Crippen LogP contribution in [-0.2, 0) is 22.6 Å². The Bertz CT molecular complexity index is 618. The number of ether oxygens (including phenoxy) is 1. The molecule has 0 radical (unpaired) electrons. The van der Waals surface area contributed by atoms with Crippen LogP contribution >= 0.6 is 0 Å². The van der Waals surface area contributed by atoms with E-state index in [1.54, 1.807) is 0 Å². The summed E-state index contributed by atoms with van der Waals surface area (Å²) in [7, 11) is 0. The van der Waals surface area contributed by atoms with Crippen molar-refractivity contribution in [1.82, 2.24) is 10.2 Å². The zero-order valence-electron chi connectivity index (χ0n) is 16.3. The van der Waals surface area contributed by atoms with E-state index >= 15 is 0 Å². The summed E-state index contributed by atoms with van der Waals surface area (Å²) in [6.45, 7) is 5.37. The van der Waals surface area contributed by atoms with Crippen LogP contribution in [0, 0.1) is 0 Å². The minimum Gasteiger partial charge on any atom is -0.493 e. The summed E-state index contributed by atoms with van der Waals surface area (Å²) in [6.07, 6.45) is 5.65. The monoisotopic (exact) mass is 376 g/mol. The number of carbonyl (C=O) groups is 2. The standard InChI is InChI=1S/C21H32N2O4/c1-2-3-12-23-15-18-14-17(8-10-21(25)26)7-9-19(18)27-13-6-4-5-11-22-20(24)16-23/h7,9,14H,2-6,8,10-13,15-16H2,1H3,(H,22,24)(H,25,26). The van der Waals surface area contributed by atoms with Crippen LogP contribution in [0.25, 0.3) is 0 Å². The Morgan fingerprint density at radius 2 is 2.11 bits per heavy atom. The number of hydrogen-bond acceptors (Lipinski definition) is 4. The summed E-state index contributed by atoms with van der Waals surface area (Å²) >= 11 is 0. The highest BCUT2D eigenvalue weighted by molar-refractivity contribution is 5.78. The number of aliphatic carboxylic acids is 1. The largest absolute Gasteiger partial charge is 0.493 e. The van der Waals surface area contributed by atoms with Crippen molar-refractivity contribution < 1.29 is 19.4 Å². The Hall–Kier alpha value is -2.08. The molecular weight excluding hydrogens is 344 g/mol. The van der Waals surface area contributed by atoms with Crippen molar-refractivity contribution >= 4 is 11.9 Å². The maximum Gasteiger partial charge on any atom is 0.303 e. The number of carbonyl (C=O) groups excluding carboxylic acids is 1. The molecule has 0 saturated carbocycles. The number of carboxylic acid groups (broad SMARTS) is 1. The number of fused-ring (bicyclic) bond motifs is 1. The maximum atomic E-state index is 12.3. The van der Waals surface area contributed by atoms with Gasteiger partial charge in [-0.3, -0.25) is 14.5 Å². The number of carboxylic acids is 1. The highest BCUT2D eigenvalue weighted by Gasteiger charge is 2.15. The van der Waals surface area contributed by atoms with E-state index in [9.17, 15) is 9.59 Å². The van der Waals surface area contributed by atoms with Gasteiger partial charge in [-0.15, -0.1) is 0 Å². The first kappa shape index (κ1) is 21.2. The highest BCUT2D eigenvalue weighted by atomic mass is 16.5. The van der Waals surface area contributed by atoms with Crippen molar-refractivity contribution in [1.29, 1.82) is 0 Å². The number of aryl methyl sites for hydroxylation is 1. The van der Waals surface area contributed by atoms with Crippen LogP contribution < -0.4 is 10.1 Å². The topological polar surface area (TPSA) is 78.9 Å². The van der Waals surface area contributed by atoms with Gasteiger partial charge in [-0.05, 0) is 50.3 Å². The van der Waals surface area contributed by atoms with Crippen LogP contribution in [0.3, 0.4) is 0 Å². The molecule has 1 heterocycles. The first-order valence-corrected chi connectivity index (χ1v) is 10.0. The zero-order valence-corrected chi connectivity index (χ0v) is 16.3. The predicted octanol–water partition coefficient (Wildman–Crippen LogP) is 2.98. The zero-order chi connectivity index (χ0) is 19.5. The fourth-order valence-electron chi connectivity index (χ4n) is 3.21. The molecule has 27 heavy (non-hydrogen) atoms. The maximum absolute atomic E-state index is 12.3. The minimum atomic E-state index is -0.795. The van der Waals surface area contributed by atoms with Crippen molar-refractivity contribution in [3.8, 4) is 5.75 Å². The van der Waals surface area contributed by atoms with Crippen LogP contribution in [0.5, 0.6) is 5.75 Å². The van der Waals surface area contributed by atoms with Gasteiger partial charge in [-0.1, -0.05) is 25.5 Å². The van der Waals surface area contributed by atoms with Crippen molar-refractivity contribution in [2.75, 3.05) is 26.2 Å². The molecule has 0 fully saturated rings. The first-order valence-electron chi connectivity index (χ1n) is 10.0. The van der Waals surface area contributed by atoms with Crippen molar-refractivity contribution in [3.63, 3.8) is 0 Å². The van der Waals surface area contributed by atoms with Crippen LogP contribution in [0.15, 0.2) is 18.2 Å². The van der Waals surface area contributed by atoms with Gasteiger partial charge in [0.25, 0.3) is 0 Å². The third-order valence-electron chi connectivity index (χ3n) is 4.74. The van der Waals surface area contributed by atoms with Crippen LogP contribution in [0.4, 0.5) is 0 Å². The molecule has 0 aliphatic carbocycles. The number of nitrogens with one attached hydrogen (secondary N) is 1. The molecule has 6 nitrogen and oxygen atoms in total. The second kappa shape index (κ2) is 11.6. The molecule has 0 atom stereocenters. The molecular formula is C21H32N2O4. The summed E-state index contributed by atoms with van der Waals surface area (Å²) in [6, 6.07) is 5.93. The van der Waals surface area contributed by atoms with Crippen LogP contribution in [0.2, 0.25) is 0 Å². The Kier molecular flexibility index (Phi) is 9.11. The molecule has 0 unspecified atom stereocenters. The lowest BCUT2D eigenvalue weighted by Crippen LogP contribution is -2.37. The van der Waals surface area contributed by atoms with Crippen molar-refractivity contribution in [2.24, 2.45) is 0 Å². The second-order valence-corrected chi connectivity index (χ2v) is 7.16. The third-order valence-corrected chi connectivity index (χ3v) is 4.74. The average molecular weight is 376 g/mol. The smallest absolute Gasteiger partial charge is 0.303 e. The van der Waals surface area contributed by atoms with Gasteiger partial charge in [0.05, 0.1) is 13.2 Å². The predicted molar refractivity (Wildman–Crippen MR) is 105 cm³/mol. The summed E-state index contributed by atoms with van der Waals surface area (Å²) in [4.78, 5) is 25.3. The quantitative estimate of drug-likeness (QED) is 0.798. The molecule has 1 aromatic rings. The van der Waals surface area contributed by atoms with Gasteiger partial charge in [0.2, 0.25) is 5.91 Å². The lowest BCUT2D eigenvalue weighted by molar-refractivity contribution is -0.137. The first-order chi connectivity index (χ1) is 13.1. The average Bonchev–Trinajstić information content (AvgIpc) is 2.65. The molecule has 0 saturated heterocycles. The van der Waals surface area contributed by atoms with E-state index in [0.29, 0.717) is 32.7 Å². The summed E-state index contributed by atoms with van der Waals surface area (Å²) < 4.78 is 6.01. The lowest BCUT2D eigenvalue weighted by Gasteiger charge is -2.23. The molecule has 0 spiro atoms. The van der Waals surface area contributed by atoms with E-state index in [2.05, 4.69) is 17.1 Å². The van der Waals surface area contributed by atoms with Crippen molar-refractivity contribution in [3.05, 3.63) is 29.3 Å². The van der Waals surface area contributed by atoms with E-state index in [4.69, 9.17) is 9.84 Å². The molecule has 150 valence electrons. The lowest BCUT2D eigenvalue weighted by atomic mass is 10.0. The molecule has 6 heteroatoms. The van der Waals surface area contributed by atoms with Gasteiger partial charge in [-0.2, -0.15) is 0 Å². The van der Waals surface area contributed by atoms with Gasteiger partial charge < -0.3 is 15.2 Å². The molecule has 2 rings (SSSR count). The van der Waals surface area contributed by atoms with Gasteiger partial charge in [0.1, 0.15) is 5.75 Å². The Morgan fingerprint density at radius 3 is 2.89 bits per heavy atom. The van der Waals surface area contributed by atoms with Gasteiger partial charge in [0.15, 0.2) is 0 Å². The summed E-state index contributed by atoms with van der Waals surface area (Å²) in [5.74, 6) is 0.113. The number of unbranched alkanes of at least 4 members (excludes halogenated alkanes) is 1. The van der Waals surface area contributed by atoms with Gasteiger partial charge in [-0.25, -0.2) is 0 Å². The highest BCUT2D eigenvalue weighted by Crippen LogP contribution is 2.24. The van der Waals surface area contributed by atoms with Crippen molar-refractivity contribution in [2.45, 2.75) is 58.4 Å². The fourth-order valence-corrected chi connectivity index (χ4v) is 3.21. The van der Waals surface area contributed by atoms with Gasteiger partial charge in [0, 0.05) is 25.1 Å². The Morgan fingerprint density at radius 1 is 1.26 bits per heavy atom. The van der Waals surface area contributed by atoms with Gasteiger partial charge >= 0.3 is 5.97 Å². The fraction of sp³-hybridized carbons (Fsp3) is 0.619.